The van der Waals surface area contributed by atoms with Crippen LogP contribution in [0.2, 0.25) is 0 Å². The highest BCUT2D eigenvalue weighted by Gasteiger charge is 2.32. The lowest BCUT2D eigenvalue weighted by Gasteiger charge is -2.27. The summed E-state index contributed by atoms with van der Waals surface area (Å²) in [6, 6.07) is 12.8. The number of alkyl halides is 3. The van der Waals surface area contributed by atoms with E-state index in [1.54, 1.807) is 40.6 Å². The summed E-state index contributed by atoms with van der Waals surface area (Å²) in [6.45, 7) is 3.71. The molecule has 0 aliphatic carbocycles. The van der Waals surface area contributed by atoms with Crippen LogP contribution in [0.1, 0.15) is 34.6 Å². The van der Waals surface area contributed by atoms with E-state index in [1.807, 2.05) is 13.8 Å². The molecule has 10 heteroatoms. The number of nitrogens with zero attached hydrogens (tertiary/aromatic N) is 1. The third-order valence-corrected chi connectivity index (χ3v) is 6.67. The molecule has 5 nitrogen and oxygen atoms in total. The zero-order valence-electron chi connectivity index (χ0n) is 17.2. The first-order valence-corrected chi connectivity index (χ1v) is 11.8. The van der Waals surface area contributed by atoms with Gasteiger partial charge in [-0.25, -0.2) is 0 Å². The van der Waals surface area contributed by atoms with Crippen LogP contribution in [0, 0.1) is 0 Å². The van der Waals surface area contributed by atoms with E-state index >= 15 is 0 Å². The van der Waals surface area contributed by atoms with Crippen LogP contribution in [0.5, 0.6) is 5.75 Å². The second-order valence-electron chi connectivity index (χ2n) is 7.17. The van der Waals surface area contributed by atoms with Gasteiger partial charge in [0, 0.05) is 18.2 Å². The third kappa shape index (κ3) is 5.49. The zero-order valence-corrected chi connectivity index (χ0v) is 18.8. The summed E-state index contributed by atoms with van der Waals surface area (Å²) in [5.41, 5.74) is -0.690. The minimum Gasteiger partial charge on any atom is -0.379 e. The fraction of sp³-hybridized carbons (Fsp3) is 0.227. The molecule has 0 atom stereocenters. The predicted molar refractivity (Wildman–Crippen MR) is 115 cm³/mol. The first-order chi connectivity index (χ1) is 15.0. The Kier molecular flexibility index (Phi) is 6.94. The Labute approximate surface area is 188 Å². The second kappa shape index (κ2) is 9.33. The van der Waals surface area contributed by atoms with E-state index in [-0.39, 0.29) is 24.2 Å². The fourth-order valence-electron chi connectivity index (χ4n) is 2.92. The molecule has 0 aliphatic heterocycles. The molecular weight excluding hydrogens is 463 g/mol. The SMILES string of the molecule is CC(C)N(Cc1ccccc1OS(=O)(=O)c1cccc(C(F)(F)F)c1)C(=O)c1cccs1. The monoisotopic (exact) mass is 483 g/mol. The Bertz CT molecular complexity index is 1190. The van der Waals surface area contributed by atoms with Gasteiger partial charge in [0.15, 0.2) is 0 Å². The van der Waals surface area contributed by atoms with Crippen LogP contribution in [0.25, 0.3) is 0 Å². The van der Waals surface area contributed by atoms with Crippen molar-refractivity contribution in [1.82, 2.24) is 4.90 Å². The van der Waals surface area contributed by atoms with Crippen molar-refractivity contribution in [1.29, 1.82) is 0 Å². The molecule has 3 aromatic rings. The number of halogens is 3. The summed E-state index contributed by atoms with van der Waals surface area (Å²) >= 11 is 1.29. The highest BCUT2D eigenvalue weighted by atomic mass is 32.2. The minimum atomic E-state index is -4.69. The Morgan fingerprint density at radius 2 is 1.78 bits per heavy atom. The molecule has 0 saturated heterocycles. The van der Waals surface area contributed by atoms with Crippen molar-refractivity contribution >= 4 is 27.4 Å². The van der Waals surface area contributed by atoms with E-state index in [2.05, 4.69) is 0 Å². The molecule has 0 N–H and O–H groups in total. The standard InChI is InChI=1S/C22H20F3NO4S2/c1-15(2)26(21(27)20-11-6-12-31-20)14-16-7-3-4-10-19(16)30-32(28,29)18-9-5-8-17(13-18)22(23,24)25/h3-13,15H,14H2,1-2H3. The predicted octanol–water partition coefficient (Wildman–Crippen LogP) is 5.59. The number of carbonyl (C=O) groups is 1. The summed E-state index contributed by atoms with van der Waals surface area (Å²) < 4.78 is 69.6. The molecule has 0 aliphatic rings. The Hall–Kier alpha value is -2.85. The van der Waals surface area contributed by atoms with Crippen molar-refractivity contribution in [3.63, 3.8) is 0 Å². The summed E-state index contributed by atoms with van der Waals surface area (Å²) in [5.74, 6) is -0.278. The van der Waals surface area contributed by atoms with E-state index in [0.29, 0.717) is 16.5 Å². The minimum absolute atomic E-state index is 0.0582. The maximum absolute atomic E-state index is 13.0. The van der Waals surface area contributed by atoms with Crippen LogP contribution >= 0.6 is 11.3 Å². The van der Waals surface area contributed by atoms with Gasteiger partial charge in [0.05, 0.1) is 10.4 Å². The van der Waals surface area contributed by atoms with Crippen molar-refractivity contribution in [2.24, 2.45) is 0 Å². The highest BCUT2D eigenvalue weighted by molar-refractivity contribution is 7.87. The number of rotatable bonds is 7. The molecule has 0 unspecified atom stereocenters. The van der Waals surface area contributed by atoms with Crippen LogP contribution in [0.15, 0.2) is 70.9 Å². The molecule has 1 amide bonds. The van der Waals surface area contributed by atoms with Gasteiger partial charge in [-0.15, -0.1) is 11.3 Å². The molecule has 0 radical (unpaired) electrons. The van der Waals surface area contributed by atoms with E-state index in [4.69, 9.17) is 4.18 Å². The summed E-state index contributed by atoms with van der Waals surface area (Å²) in [7, 11) is -4.54. The lowest BCUT2D eigenvalue weighted by Crippen LogP contribution is -2.36. The Morgan fingerprint density at radius 3 is 2.41 bits per heavy atom. The van der Waals surface area contributed by atoms with Crippen molar-refractivity contribution in [3.8, 4) is 5.75 Å². The molecular formula is C22H20F3NO4S2. The number of benzene rings is 2. The molecule has 0 saturated carbocycles. The average molecular weight is 484 g/mol. The second-order valence-corrected chi connectivity index (χ2v) is 9.67. The van der Waals surface area contributed by atoms with Crippen molar-refractivity contribution in [3.05, 3.63) is 82.0 Å². The molecule has 32 heavy (non-hydrogen) atoms. The number of para-hydroxylation sites is 1. The molecule has 1 heterocycles. The topological polar surface area (TPSA) is 63.7 Å². The first kappa shape index (κ1) is 23.8. The van der Waals surface area contributed by atoms with E-state index in [1.165, 1.54) is 17.4 Å². The van der Waals surface area contributed by atoms with Crippen LogP contribution in [0.3, 0.4) is 0 Å². The molecule has 1 aromatic heterocycles. The third-order valence-electron chi connectivity index (χ3n) is 4.58. The molecule has 0 fully saturated rings. The van der Waals surface area contributed by atoms with Gasteiger partial charge in [0.25, 0.3) is 5.91 Å². The van der Waals surface area contributed by atoms with E-state index in [0.717, 1.165) is 18.2 Å². The summed E-state index contributed by atoms with van der Waals surface area (Å²) in [6.07, 6.45) is -4.69. The number of carbonyl (C=O) groups excluding carboxylic acids is 1. The maximum atomic E-state index is 13.0. The molecule has 2 aromatic carbocycles. The van der Waals surface area contributed by atoms with Crippen molar-refractivity contribution in [2.45, 2.75) is 37.5 Å². The number of hydrogen-bond acceptors (Lipinski definition) is 5. The van der Waals surface area contributed by atoms with Crippen LogP contribution in [-0.2, 0) is 22.8 Å². The lowest BCUT2D eigenvalue weighted by molar-refractivity contribution is -0.137. The number of thiophene rings is 1. The van der Waals surface area contributed by atoms with Gasteiger partial charge in [-0.05, 0) is 49.6 Å². The highest BCUT2D eigenvalue weighted by Crippen LogP contribution is 2.32. The van der Waals surface area contributed by atoms with Crippen LogP contribution in [-0.4, -0.2) is 25.3 Å². The van der Waals surface area contributed by atoms with Gasteiger partial charge in [0.1, 0.15) is 10.6 Å². The Morgan fingerprint density at radius 1 is 1.06 bits per heavy atom. The van der Waals surface area contributed by atoms with Crippen LogP contribution < -0.4 is 4.18 Å². The van der Waals surface area contributed by atoms with Crippen molar-refractivity contribution in [2.75, 3.05) is 0 Å². The Balaban J connectivity index is 1.90. The van der Waals surface area contributed by atoms with Crippen LogP contribution in [0.4, 0.5) is 13.2 Å². The maximum Gasteiger partial charge on any atom is 0.416 e. The van der Waals surface area contributed by atoms with Gasteiger partial charge in [0.2, 0.25) is 0 Å². The normalized spacial score (nSPS) is 12.1. The first-order valence-electron chi connectivity index (χ1n) is 9.53. The molecule has 3 rings (SSSR count). The number of hydrogen-bond donors (Lipinski definition) is 0. The summed E-state index contributed by atoms with van der Waals surface area (Å²) in [5, 5.41) is 1.78. The van der Waals surface area contributed by atoms with Gasteiger partial charge in [-0.2, -0.15) is 21.6 Å². The van der Waals surface area contributed by atoms with Gasteiger partial charge < -0.3 is 9.08 Å². The fourth-order valence-corrected chi connectivity index (χ4v) is 4.61. The molecule has 0 spiro atoms. The molecule has 0 bridgehead atoms. The quantitative estimate of drug-likeness (QED) is 0.411. The smallest absolute Gasteiger partial charge is 0.379 e. The van der Waals surface area contributed by atoms with E-state index in [9.17, 15) is 26.4 Å². The lowest BCUT2D eigenvalue weighted by atomic mass is 10.1. The largest absolute Gasteiger partial charge is 0.416 e. The van der Waals surface area contributed by atoms with Gasteiger partial charge in [-0.1, -0.05) is 30.3 Å². The molecule has 170 valence electrons. The number of amides is 1. The zero-order chi connectivity index (χ0) is 23.5. The average Bonchev–Trinajstić information content (AvgIpc) is 3.26. The van der Waals surface area contributed by atoms with Gasteiger partial charge in [-0.3, -0.25) is 4.79 Å². The summed E-state index contributed by atoms with van der Waals surface area (Å²) in [4.78, 5) is 14.4. The van der Waals surface area contributed by atoms with E-state index < -0.39 is 26.8 Å². The van der Waals surface area contributed by atoms with Crippen molar-refractivity contribution < 1.29 is 30.6 Å². The van der Waals surface area contributed by atoms with Gasteiger partial charge >= 0.3 is 16.3 Å².